The van der Waals surface area contributed by atoms with E-state index >= 15 is 0 Å². The lowest BCUT2D eigenvalue weighted by Gasteiger charge is -2.47. The SMILES string of the molecule is CC(=O)Oc1c(C(C)(C)C)cc2c(c1C)C(O)CC1(CCC1)O2. The molecular formula is C19H26O4. The third kappa shape index (κ3) is 2.74. The Labute approximate surface area is 137 Å². The number of aliphatic hydroxyl groups is 1. The van der Waals surface area contributed by atoms with Crippen molar-refractivity contribution in [3.8, 4) is 11.5 Å². The molecule has 1 aliphatic carbocycles. The van der Waals surface area contributed by atoms with Crippen molar-refractivity contribution >= 4 is 5.97 Å². The van der Waals surface area contributed by atoms with Gasteiger partial charge in [-0.1, -0.05) is 20.8 Å². The monoisotopic (exact) mass is 318 g/mol. The van der Waals surface area contributed by atoms with Crippen LogP contribution in [0.2, 0.25) is 0 Å². The van der Waals surface area contributed by atoms with Gasteiger partial charge in [0.15, 0.2) is 0 Å². The highest BCUT2D eigenvalue weighted by Crippen LogP contribution is 2.52. The Bertz CT molecular complexity index is 650. The molecule has 23 heavy (non-hydrogen) atoms. The second kappa shape index (κ2) is 5.23. The highest BCUT2D eigenvalue weighted by molar-refractivity contribution is 5.72. The van der Waals surface area contributed by atoms with Crippen LogP contribution in [0.4, 0.5) is 0 Å². The zero-order chi connectivity index (χ0) is 17.0. The van der Waals surface area contributed by atoms with E-state index in [0.29, 0.717) is 12.2 Å². The molecule has 0 radical (unpaired) electrons. The van der Waals surface area contributed by atoms with Gasteiger partial charge < -0.3 is 14.6 Å². The van der Waals surface area contributed by atoms with Crippen molar-refractivity contribution in [2.75, 3.05) is 0 Å². The molecule has 1 heterocycles. The molecule has 4 nitrogen and oxygen atoms in total. The van der Waals surface area contributed by atoms with Crippen LogP contribution in [-0.4, -0.2) is 16.7 Å². The number of fused-ring (bicyclic) bond motifs is 1. The molecule has 1 N–H and O–H groups in total. The van der Waals surface area contributed by atoms with Gasteiger partial charge in [-0.25, -0.2) is 0 Å². The van der Waals surface area contributed by atoms with Crippen molar-refractivity contribution < 1.29 is 19.4 Å². The number of aliphatic hydroxyl groups excluding tert-OH is 1. The summed E-state index contributed by atoms with van der Waals surface area (Å²) in [4.78, 5) is 11.5. The first kappa shape index (κ1) is 16.3. The molecule has 0 bridgehead atoms. The number of esters is 1. The quantitative estimate of drug-likeness (QED) is 0.629. The van der Waals surface area contributed by atoms with Crippen molar-refractivity contribution in [3.05, 3.63) is 22.8 Å². The highest BCUT2D eigenvalue weighted by atomic mass is 16.5. The van der Waals surface area contributed by atoms with E-state index in [9.17, 15) is 9.90 Å². The number of benzene rings is 1. The zero-order valence-corrected chi connectivity index (χ0v) is 14.7. The van der Waals surface area contributed by atoms with Gasteiger partial charge in [-0.3, -0.25) is 4.79 Å². The molecule has 0 saturated heterocycles. The van der Waals surface area contributed by atoms with Gasteiger partial charge >= 0.3 is 5.97 Å². The molecule has 2 aliphatic rings. The minimum Gasteiger partial charge on any atom is -0.487 e. The van der Waals surface area contributed by atoms with Crippen molar-refractivity contribution in [2.24, 2.45) is 0 Å². The largest absolute Gasteiger partial charge is 0.487 e. The van der Waals surface area contributed by atoms with E-state index in [2.05, 4.69) is 20.8 Å². The van der Waals surface area contributed by atoms with Crippen LogP contribution in [0.25, 0.3) is 0 Å². The molecule has 1 aromatic carbocycles. The Morgan fingerprint density at radius 1 is 1.39 bits per heavy atom. The van der Waals surface area contributed by atoms with Gasteiger partial charge in [0.25, 0.3) is 0 Å². The van der Waals surface area contributed by atoms with Crippen LogP contribution in [0.5, 0.6) is 11.5 Å². The summed E-state index contributed by atoms with van der Waals surface area (Å²) in [7, 11) is 0. The van der Waals surface area contributed by atoms with E-state index in [0.717, 1.165) is 41.7 Å². The second-order valence-electron chi connectivity index (χ2n) is 7.99. The topological polar surface area (TPSA) is 55.8 Å². The summed E-state index contributed by atoms with van der Waals surface area (Å²) in [5.41, 5.74) is 2.13. The number of rotatable bonds is 1. The Balaban J connectivity index is 2.16. The van der Waals surface area contributed by atoms with Crippen LogP contribution in [-0.2, 0) is 10.2 Å². The summed E-state index contributed by atoms with van der Waals surface area (Å²) in [6.45, 7) is 9.55. The van der Waals surface area contributed by atoms with E-state index < -0.39 is 6.10 Å². The van der Waals surface area contributed by atoms with Gasteiger partial charge in [-0.2, -0.15) is 0 Å². The maximum absolute atomic E-state index is 11.5. The standard InChI is InChI=1S/C19H26O4/c1-11-16-14(21)10-19(7-6-8-19)23-15(16)9-13(18(3,4)5)17(11)22-12(2)20/h9,14,21H,6-8,10H2,1-5H3. The van der Waals surface area contributed by atoms with Crippen LogP contribution in [0.3, 0.4) is 0 Å². The lowest BCUT2D eigenvalue weighted by molar-refractivity contribution is -0.132. The fraction of sp³-hybridized carbons (Fsp3) is 0.632. The first-order valence-corrected chi connectivity index (χ1v) is 8.36. The van der Waals surface area contributed by atoms with Crippen LogP contribution < -0.4 is 9.47 Å². The number of carbonyl (C=O) groups is 1. The van der Waals surface area contributed by atoms with E-state index in [1.165, 1.54) is 6.92 Å². The molecule has 0 amide bonds. The summed E-state index contributed by atoms with van der Waals surface area (Å²) in [6, 6.07) is 1.96. The predicted octanol–water partition coefficient (Wildman–Crippen LogP) is 3.96. The Hall–Kier alpha value is -1.55. The average molecular weight is 318 g/mol. The summed E-state index contributed by atoms with van der Waals surface area (Å²) in [5, 5.41) is 10.7. The van der Waals surface area contributed by atoms with E-state index in [1.807, 2.05) is 13.0 Å². The fourth-order valence-electron chi connectivity index (χ4n) is 3.72. The van der Waals surface area contributed by atoms with E-state index in [-0.39, 0.29) is 17.0 Å². The summed E-state index contributed by atoms with van der Waals surface area (Å²) in [5.74, 6) is 0.970. The Morgan fingerprint density at radius 3 is 2.52 bits per heavy atom. The molecule has 1 aromatic rings. The summed E-state index contributed by atoms with van der Waals surface area (Å²) in [6.07, 6.45) is 3.20. The fourth-order valence-corrected chi connectivity index (χ4v) is 3.72. The minimum absolute atomic E-state index is 0.191. The van der Waals surface area contributed by atoms with Gasteiger partial charge in [-0.05, 0) is 37.7 Å². The van der Waals surface area contributed by atoms with Gasteiger partial charge in [0.2, 0.25) is 0 Å². The molecule has 1 aliphatic heterocycles. The van der Waals surface area contributed by atoms with Crippen molar-refractivity contribution in [2.45, 2.75) is 77.4 Å². The highest BCUT2D eigenvalue weighted by Gasteiger charge is 2.46. The molecule has 126 valence electrons. The molecule has 1 unspecified atom stereocenters. The maximum Gasteiger partial charge on any atom is 0.308 e. The van der Waals surface area contributed by atoms with E-state index in [4.69, 9.17) is 9.47 Å². The molecular weight excluding hydrogens is 292 g/mol. The molecule has 0 aromatic heterocycles. The van der Waals surface area contributed by atoms with Gasteiger partial charge in [0, 0.05) is 30.0 Å². The number of carbonyl (C=O) groups excluding carboxylic acids is 1. The summed E-state index contributed by atoms with van der Waals surface area (Å²) < 4.78 is 11.8. The van der Waals surface area contributed by atoms with Crippen molar-refractivity contribution in [1.82, 2.24) is 0 Å². The molecule has 1 saturated carbocycles. The number of hydrogen-bond acceptors (Lipinski definition) is 4. The maximum atomic E-state index is 11.5. The van der Waals surface area contributed by atoms with Gasteiger partial charge in [0.05, 0.1) is 6.10 Å². The van der Waals surface area contributed by atoms with Gasteiger partial charge in [-0.15, -0.1) is 0 Å². The first-order valence-electron chi connectivity index (χ1n) is 8.36. The molecule has 3 rings (SSSR count). The lowest BCUT2D eigenvalue weighted by Crippen LogP contribution is -2.47. The normalized spacial score (nSPS) is 22.1. The smallest absolute Gasteiger partial charge is 0.308 e. The van der Waals surface area contributed by atoms with Crippen LogP contribution in [0.1, 0.15) is 76.2 Å². The summed E-state index contributed by atoms with van der Waals surface area (Å²) >= 11 is 0. The molecule has 4 heteroatoms. The van der Waals surface area contributed by atoms with E-state index in [1.54, 1.807) is 0 Å². The minimum atomic E-state index is -0.567. The third-order valence-electron chi connectivity index (χ3n) is 5.07. The van der Waals surface area contributed by atoms with Crippen LogP contribution >= 0.6 is 0 Å². The second-order valence-corrected chi connectivity index (χ2v) is 7.99. The zero-order valence-electron chi connectivity index (χ0n) is 14.7. The Kier molecular flexibility index (Phi) is 3.71. The predicted molar refractivity (Wildman–Crippen MR) is 88.0 cm³/mol. The van der Waals surface area contributed by atoms with Crippen molar-refractivity contribution in [3.63, 3.8) is 0 Å². The molecule has 1 fully saturated rings. The number of ether oxygens (including phenoxy) is 2. The van der Waals surface area contributed by atoms with Crippen molar-refractivity contribution in [1.29, 1.82) is 0 Å². The number of hydrogen-bond donors (Lipinski definition) is 1. The van der Waals surface area contributed by atoms with Crippen LogP contribution in [0.15, 0.2) is 6.07 Å². The Morgan fingerprint density at radius 2 is 2.04 bits per heavy atom. The van der Waals surface area contributed by atoms with Crippen LogP contribution in [0, 0.1) is 6.92 Å². The lowest BCUT2D eigenvalue weighted by atomic mass is 9.72. The average Bonchev–Trinajstić information content (AvgIpc) is 2.37. The third-order valence-corrected chi connectivity index (χ3v) is 5.07. The van der Waals surface area contributed by atoms with Gasteiger partial charge in [0.1, 0.15) is 17.1 Å². The molecule has 1 spiro atoms. The first-order chi connectivity index (χ1) is 10.6. The molecule has 1 atom stereocenters.